The fourth-order valence-electron chi connectivity index (χ4n) is 1.36. The molecule has 0 fully saturated rings. The van der Waals surface area contributed by atoms with Crippen molar-refractivity contribution in [3.05, 3.63) is 23.2 Å². The SMILES string of the molecule is CC(C)(C)c1oc(C(C)(C)C)c(F)c1F. The van der Waals surface area contributed by atoms with Crippen LogP contribution in [0.5, 0.6) is 0 Å². The first-order chi connectivity index (χ1) is 6.55. The van der Waals surface area contributed by atoms with Crippen molar-refractivity contribution in [2.45, 2.75) is 52.4 Å². The molecule has 0 bridgehead atoms. The van der Waals surface area contributed by atoms with Crippen LogP contribution >= 0.6 is 0 Å². The molecule has 1 nitrogen and oxygen atoms in total. The molecule has 0 N–H and O–H groups in total. The molecule has 0 spiro atoms. The molecule has 0 atom stereocenters. The van der Waals surface area contributed by atoms with Gasteiger partial charge in [0.2, 0.25) is 11.6 Å². The number of rotatable bonds is 0. The summed E-state index contributed by atoms with van der Waals surface area (Å²) in [6.07, 6.45) is 0. The van der Waals surface area contributed by atoms with Crippen LogP contribution in [0.15, 0.2) is 4.42 Å². The van der Waals surface area contributed by atoms with E-state index in [1.807, 2.05) is 0 Å². The average Bonchev–Trinajstić information content (AvgIpc) is 2.26. The minimum absolute atomic E-state index is 0.0879. The van der Waals surface area contributed by atoms with Gasteiger partial charge in [0.15, 0.2) is 0 Å². The van der Waals surface area contributed by atoms with E-state index in [0.29, 0.717) is 0 Å². The van der Waals surface area contributed by atoms with E-state index in [1.165, 1.54) is 0 Å². The van der Waals surface area contributed by atoms with Gasteiger partial charge in [0.05, 0.1) is 0 Å². The highest BCUT2D eigenvalue weighted by Crippen LogP contribution is 2.35. The molecule has 0 radical (unpaired) electrons. The Morgan fingerprint density at radius 1 is 0.733 bits per heavy atom. The summed E-state index contributed by atoms with van der Waals surface area (Å²) in [6.45, 7) is 10.8. The molecular weight excluding hydrogens is 198 g/mol. The van der Waals surface area contributed by atoms with Crippen molar-refractivity contribution < 1.29 is 13.2 Å². The van der Waals surface area contributed by atoms with Gasteiger partial charge in [-0.3, -0.25) is 0 Å². The van der Waals surface area contributed by atoms with Crippen LogP contribution in [0.1, 0.15) is 53.1 Å². The minimum Gasteiger partial charge on any atom is -0.459 e. The predicted molar refractivity (Wildman–Crippen MR) is 56.0 cm³/mol. The van der Waals surface area contributed by atoms with Crippen molar-refractivity contribution >= 4 is 0 Å². The molecule has 15 heavy (non-hydrogen) atoms. The first-order valence-electron chi connectivity index (χ1n) is 5.04. The van der Waals surface area contributed by atoms with Gasteiger partial charge in [0.1, 0.15) is 11.5 Å². The van der Waals surface area contributed by atoms with E-state index in [2.05, 4.69) is 0 Å². The molecule has 0 aromatic carbocycles. The Labute approximate surface area is 89.5 Å². The van der Waals surface area contributed by atoms with Gasteiger partial charge < -0.3 is 4.42 Å². The maximum Gasteiger partial charge on any atom is 0.201 e. The van der Waals surface area contributed by atoms with E-state index in [-0.39, 0.29) is 11.5 Å². The molecular formula is C12H18F2O. The Kier molecular flexibility index (Phi) is 2.71. The van der Waals surface area contributed by atoms with Gasteiger partial charge in [-0.1, -0.05) is 41.5 Å². The summed E-state index contributed by atoms with van der Waals surface area (Å²) in [5, 5.41) is 0. The van der Waals surface area contributed by atoms with Crippen LogP contribution in [-0.2, 0) is 10.8 Å². The number of furan rings is 1. The lowest BCUT2D eigenvalue weighted by Crippen LogP contribution is -2.12. The van der Waals surface area contributed by atoms with Gasteiger partial charge in [0, 0.05) is 10.8 Å². The highest BCUT2D eigenvalue weighted by Gasteiger charge is 2.33. The topological polar surface area (TPSA) is 13.1 Å². The molecule has 0 saturated carbocycles. The summed E-state index contributed by atoms with van der Waals surface area (Å²) in [5.41, 5.74) is -1.04. The highest BCUT2D eigenvalue weighted by atomic mass is 19.2. The third-order valence-corrected chi connectivity index (χ3v) is 2.16. The zero-order valence-electron chi connectivity index (χ0n) is 10.2. The normalized spacial score (nSPS) is 13.3. The van der Waals surface area contributed by atoms with E-state index >= 15 is 0 Å². The van der Waals surface area contributed by atoms with Crippen molar-refractivity contribution in [1.29, 1.82) is 0 Å². The van der Waals surface area contributed by atoms with Crippen LogP contribution in [0.4, 0.5) is 8.78 Å². The summed E-state index contributed by atoms with van der Waals surface area (Å²) in [6, 6.07) is 0. The molecule has 3 heteroatoms. The maximum atomic E-state index is 13.6. The fraction of sp³-hybridized carbons (Fsp3) is 0.667. The average molecular weight is 216 g/mol. The summed E-state index contributed by atoms with van der Waals surface area (Å²) in [5.74, 6) is -1.53. The van der Waals surface area contributed by atoms with E-state index in [9.17, 15) is 8.78 Å². The lowest BCUT2D eigenvalue weighted by molar-refractivity contribution is 0.327. The maximum absolute atomic E-state index is 13.6. The van der Waals surface area contributed by atoms with Crippen LogP contribution < -0.4 is 0 Å². The van der Waals surface area contributed by atoms with Gasteiger partial charge in [-0.05, 0) is 0 Å². The molecule has 0 aliphatic carbocycles. The molecule has 1 aromatic heterocycles. The van der Waals surface area contributed by atoms with Crippen molar-refractivity contribution in [2.75, 3.05) is 0 Å². The lowest BCUT2D eigenvalue weighted by Gasteiger charge is -2.17. The first kappa shape index (κ1) is 12.2. The molecule has 0 saturated heterocycles. The van der Waals surface area contributed by atoms with E-state index in [4.69, 9.17) is 4.42 Å². The van der Waals surface area contributed by atoms with Gasteiger partial charge in [0.25, 0.3) is 0 Å². The van der Waals surface area contributed by atoms with Crippen molar-refractivity contribution in [3.8, 4) is 0 Å². The first-order valence-corrected chi connectivity index (χ1v) is 5.04. The third kappa shape index (κ3) is 2.21. The van der Waals surface area contributed by atoms with Gasteiger partial charge in [-0.25, -0.2) is 0 Å². The molecule has 0 aliphatic rings. The second kappa shape index (κ2) is 3.32. The number of hydrogen-bond donors (Lipinski definition) is 0. The Bertz CT molecular complexity index is 330. The van der Waals surface area contributed by atoms with Crippen LogP contribution in [0, 0.1) is 11.6 Å². The Hall–Kier alpha value is -0.860. The standard InChI is InChI=1S/C12H18F2O/c1-11(2,3)9-7(13)8(14)10(15-9)12(4,5)6/h1-6H3. The monoisotopic (exact) mass is 216 g/mol. The van der Waals surface area contributed by atoms with Gasteiger partial charge in [-0.15, -0.1) is 0 Å². The molecule has 1 heterocycles. The molecule has 0 unspecified atom stereocenters. The fourth-order valence-corrected chi connectivity index (χ4v) is 1.36. The molecule has 86 valence electrons. The molecule has 1 aromatic rings. The molecule has 0 aliphatic heterocycles. The zero-order valence-corrected chi connectivity index (χ0v) is 10.2. The smallest absolute Gasteiger partial charge is 0.201 e. The van der Waals surface area contributed by atoms with E-state index in [0.717, 1.165) is 0 Å². The predicted octanol–water partition coefficient (Wildman–Crippen LogP) is 4.15. The molecule has 0 amide bonds. The van der Waals surface area contributed by atoms with Crippen molar-refractivity contribution in [2.24, 2.45) is 0 Å². The minimum atomic E-state index is -0.854. The molecule has 1 rings (SSSR count). The lowest BCUT2D eigenvalue weighted by atomic mass is 9.92. The summed E-state index contributed by atoms with van der Waals surface area (Å²) in [4.78, 5) is 0. The largest absolute Gasteiger partial charge is 0.459 e. The van der Waals surface area contributed by atoms with Gasteiger partial charge >= 0.3 is 0 Å². The van der Waals surface area contributed by atoms with Gasteiger partial charge in [-0.2, -0.15) is 8.78 Å². The van der Waals surface area contributed by atoms with Crippen molar-refractivity contribution in [1.82, 2.24) is 0 Å². The Morgan fingerprint density at radius 3 is 1.13 bits per heavy atom. The number of hydrogen-bond acceptors (Lipinski definition) is 1. The highest BCUT2D eigenvalue weighted by molar-refractivity contribution is 5.23. The van der Waals surface area contributed by atoms with Crippen LogP contribution in [-0.4, -0.2) is 0 Å². The van der Waals surface area contributed by atoms with E-state index in [1.54, 1.807) is 41.5 Å². The van der Waals surface area contributed by atoms with Crippen molar-refractivity contribution in [3.63, 3.8) is 0 Å². The third-order valence-electron chi connectivity index (χ3n) is 2.16. The summed E-state index contributed by atoms with van der Waals surface area (Å²) < 4.78 is 32.5. The van der Waals surface area contributed by atoms with Crippen LogP contribution in [0.3, 0.4) is 0 Å². The Balaban J connectivity index is 3.38. The Morgan fingerprint density at radius 2 is 1.00 bits per heavy atom. The summed E-state index contributed by atoms with van der Waals surface area (Å²) in [7, 11) is 0. The zero-order chi connectivity index (χ0) is 12.0. The van der Waals surface area contributed by atoms with Crippen LogP contribution in [0.2, 0.25) is 0 Å². The quantitative estimate of drug-likeness (QED) is 0.635. The summed E-state index contributed by atoms with van der Waals surface area (Å²) >= 11 is 0. The second-order valence-corrected chi connectivity index (χ2v) is 5.89. The second-order valence-electron chi connectivity index (χ2n) is 5.89. The van der Waals surface area contributed by atoms with Crippen LogP contribution in [0.25, 0.3) is 0 Å². The number of halogens is 2. The van der Waals surface area contributed by atoms with E-state index < -0.39 is 22.5 Å².